The molecule has 0 aliphatic carbocycles. The van der Waals surface area contributed by atoms with E-state index in [2.05, 4.69) is 9.98 Å². The van der Waals surface area contributed by atoms with Gasteiger partial charge in [0, 0.05) is 10.6 Å². The number of aromatic hydroxyl groups is 1. The number of fused-ring (bicyclic) bond motifs is 1. The average Bonchev–Trinajstić information content (AvgIpc) is 3.01. The van der Waals surface area contributed by atoms with E-state index < -0.39 is 0 Å². The normalized spacial score (nSPS) is 11.5. The number of nitrogens with zero attached hydrogens (tertiary/aromatic N) is 2. The molecule has 0 unspecified atom stereocenters. The number of aromatic nitrogens is 1. The van der Waals surface area contributed by atoms with Gasteiger partial charge in [0.05, 0.1) is 11.9 Å². The summed E-state index contributed by atoms with van der Waals surface area (Å²) in [5.41, 5.74) is 2.79. The summed E-state index contributed by atoms with van der Waals surface area (Å²) in [6.45, 7) is 1.92. The van der Waals surface area contributed by atoms with E-state index in [1.165, 1.54) is 6.21 Å². The molecule has 128 valence electrons. The van der Waals surface area contributed by atoms with E-state index in [4.69, 9.17) is 16.0 Å². The largest absolute Gasteiger partial charge is 0.479 e. The summed E-state index contributed by atoms with van der Waals surface area (Å²) in [4.78, 5) is 8.78. The monoisotopic (exact) mass is 362 g/mol. The molecule has 0 radical (unpaired) electrons. The van der Waals surface area contributed by atoms with E-state index >= 15 is 0 Å². The fourth-order valence-electron chi connectivity index (χ4n) is 2.83. The van der Waals surface area contributed by atoms with Crippen molar-refractivity contribution in [1.29, 1.82) is 0 Å². The van der Waals surface area contributed by atoms with Crippen molar-refractivity contribution in [2.75, 3.05) is 0 Å². The molecule has 3 aromatic carbocycles. The van der Waals surface area contributed by atoms with Crippen LogP contribution in [0.3, 0.4) is 0 Å². The lowest BCUT2D eigenvalue weighted by Crippen LogP contribution is -1.85. The minimum atomic E-state index is -0.261. The summed E-state index contributed by atoms with van der Waals surface area (Å²) < 4.78 is 5.48. The average molecular weight is 363 g/mol. The first kappa shape index (κ1) is 16.4. The van der Waals surface area contributed by atoms with Crippen LogP contribution in [0.1, 0.15) is 11.3 Å². The van der Waals surface area contributed by atoms with Gasteiger partial charge in [0.25, 0.3) is 0 Å². The van der Waals surface area contributed by atoms with Crippen molar-refractivity contribution in [2.24, 2.45) is 4.99 Å². The molecule has 4 nitrogen and oxygen atoms in total. The molecule has 1 N–H and O–H groups in total. The molecule has 0 amide bonds. The van der Waals surface area contributed by atoms with Crippen molar-refractivity contribution in [3.05, 3.63) is 76.9 Å². The number of hydrogen-bond donors (Lipinski definition) is 1. The number of rotatable bonds is 3. The van der Waals surface area contributed by atoms with Crippen LogP contribution in [0.15, 0.2) is 70.1 Å². The first-order valence-electron chi connectivity index (χ1n) is 8.10. The highest BCUT2D eigenvalue weighted by Crippen LogP contribution is 2.31. The van der Waals surface area contributed by atoms with Crippen LogP contribution in [0.25, 0.3) is 22.2 Å². The van der Waals surface area contributed by atoms with Crippen molar-refractivity contribution in [3.8, 4) is 17.4 Å². The van der Waals surface area contributed by atoms with E-state index in [1.54, 1.807) is 6.07 Å². The first-order valence-corrected chi connectivity index (χ1v) is 8.48. The van der Waals surface area contributed by atoms with Crippen molar-refractivity contribution in [3.63, 3.8) is 0 Å². The van der Waals surface area contributed by atoms with Crippen molar-refractivity contribution in [2.45, 2.75) is 6.92 Å². The molecule has 26 heavy (non-hydrogen) atoms. The highest BCUT2D eigenvalue weighted by atomic mass is 35.5. The third kappa shape index (κ3) is 3.07. The lowest BCUT2D eigenvalue weighted by atomic mass is 10.0. The van der Waals surface area contributed by atoms with Crippen molar-refractivity contribution >= 4 is 34.3 Å². The van der Waals surface area contributed by atoms with Crippen LogP contribution < -0.4 is 0 Å². The number of oxazole rings is 1. The molecule has 5 heteroatoms. The second-order valence-corrected chi connectivity index (χ2v) is 6.36. The van der Waals surface area contributed by atoms with Crippen LogP contribution in [0, 0.1) is 6.92 Å². The number of aryl methyl sites for hydroxylation is 1. The minimum absolute atomic E-state index is 0.261. The summed E-state index contributed by atoms with van der Waals surface area (Å²) in [6, 6.07) is 19.2. The second kappa shape index (κ2) is 6.65. The lowest BCUT2D eigenvalue weighted by molar-refractivity contribution is 0.337. The fourth-order valence-corrected chi connectivity index (χ4v) is 3.06. The van der Waals surface area contributed by atoms with Gasteiger partial charge >= 0.3 is 5.95 Å². The van der Waals surface area contributed by atoms with E-state index in [0.29, 0.717) is 10.9 Å². The van der Waals surface area contributed by atoms with Gasteiger partial charge in [-0.05, 0) is 47.5 Å². The third-order valence-electron chi connectivity index (χ3n) is 4.14. The predicted octanol–water partition coefficient (Wildman–Crippen LogP) is 5.91. The smallest absolute Gasteiger partial charge is 0.312 e. The third-order valence-corrected chi connectivity index (χ3v) is 4.37. The Balaban J connectivity index is 1.72. The van der Waals surface area contributed by atoms with Gasteiger partial charge in [-0.3, -0.25) is 4.99 Å². The van der Waals surface area contributed by atoms with E-state index in [0.717, 1.165) is 27.6 Å². The molecule has 0 aliphatic rings. The van der Waals surface area contributed by atoms with Gasteiger partial charge in [0.2, 0.25) is 5.89 Å². The van der Waals surface area contributed by atoms with Gasteiger partial charge in [-0.25, -0.2) is 4.98 Å². The van der Waals surface area contributed by atoms with Gasteiger partial charge in [0.1, 0.15) is 0 Å². The Morgan fingerprint density at radius 1 is 1.08 bits per heavy atom. The summed E-state index contributed by atoms with van der Waals surface area (Å²) >= 11 is 5.96. The first-order chi connectivity index (χ1) is 12.6. The number of aliphatic imine (C=N–C) groups is 1. The van der Waals surface area contributed by atoms with Gasteiger partial charge < -0.3 is 9.52 Å². The van der Waals surface area contributed by atoms with Crippen molar-refractivity contribution < 1.29 is 9.52 Å². The van der Waals surface area contributed by atoms with Crippen LogP contribution in [0.5, 0.6) is 5.95 Å². The molecule has 0 saturated carbocycles. The van der Waals surface area contributed by atoms with E-state index in [1.807, 2.05) is 61.5 Å². The molecule has 4 rings (SSSR count). The van der Waals surface area contributed by atoms with Crippen LogP contribution in [-0.2, 0) is 0 Å². The Morgan fingerprint density at radius 3 is 2.73 bits per heavy atom. The second-order valence-electron chi connectivity index (χ2n) is 5.93. The fraction of sp³-hybridized carbons (Fsp3) is 0.0476. The highest BCUT2D eigenvalue weighted by molar-refractivity contribution is 6.30. The molecule has 0 atom stereocenters. The quantitative estimate of drug-likeness (QED) is 0.460. The minimum Gasteiger partial charge on any atom is -0.479 e. The molecule has 0 aliphatic heterocycles. The highest BCUT2D eigenvalue weighted by Gasteiger charge is 2.14. The van der Waals surface area contributed by atoms with E-state index in [-0.39, 0.29) is 11.6 Å². The standard InChI is InChI=1S/C21H15ClN2O2/c1-13-11-15(22)9-10-18(13)23-12-19-21(25)26-20(24-19)17-8-4-6-14-5-2-3-7-16(14)17/h2-12,25H,1H3. The van der Waals surface area contributed by atoms with Crippen LogP contribution >= 0.6 is 11.6 Å². The van der Waals surface area contributed by atoms with Crippen LogP contribution in [0.4, 0.5) is 5.69 Å². The molecule has 1 heterocycles. The SMILES string of the molecule is Cc1cc(Cl)ccc1N=Cc1nc(-c2cccc3ccccc23)oc1O. The zero-order valence-electron chi connectivity index (χ0n) is 14.0. The topological polar surface area (TPSA) is 58.6 Å². The Hall–Kier alpha value is -3.11. The summed E-state index contributed by atoms with van der Waals surface area (Å²) in [7, 11) is 0. The zero-order chi connectivity index (χ0) is 18.1. The summed E-state index contributed by atoms with van der Waals surface area (Å²) in [6.07, 6.45) is 1.49. The van der Waals surface area contributed by atoms with Crippen LogP contribution in [-0.4, -0.2) is 16.3 Å². The van der Waals surface area contributed by atoms with Gasteiger partial charge in [-0.15, -0.1) is 0 Å². The number of hydrogen-bond acceptors (Lipinski definition) is 4. The Morgan fingerprint density at radius 2 is 1.88 bits per heavy atom. The Labute approximate surface area is 155 Å². The van der Waals surface area contributed by atoms with Gasteiger partial charge in [0.15, 0.2) is 5.69 Å². The molecule has 4 aromatic rings. The maximum absolute atomic E-state index is 10.1. The Bertz CT molecular complexity index is 1130. The summed E-state index contributed by atoms with van der Waals surface area (Å²) in [5, 5.41) is 12.9. The molecular weight excluding hydrogens is 348 g/mol. The van der Waals surface area contributed by atoms with Gasteiger partial charge in [-0.2, -0.15) is 0 Å². The molecule has 1 aromatic heterocycles. The molecule has 0 saturated heterocycles. The molecule has 0 fully saturated rings. The molecule has 0 bridgehead atoms. The maximum atomic E-state index is 10.1. The number of halogens is 1. The summed E-state index contributed by atoms with van der Waals surface area (Å²) in [5.74, 6) is 0.0943. The Kier molecular flexibility index (Phi) is 4.19. The van der Waals surface area contributed by atoms with E-state index in [9.17, 15) is 5.11 Å². The van der Waals surface area contributed by atoms with Crippen molar-refractivity contribution in [1.82, 2.24) is 4.98 Å². The molecule has 0 spiro atoms. The predicted molar refractivity (Wildman–Crippen MR) is 105 cm³/mol. The van der Waals surface area contributed by atoms with Gasteiger partial charge in [-0.1, -0.05) is 48.0 Å². The number of benzene rings is 3. The zero-order valence-corrected chi connectivity index (χ0v) is 14.7. The van der Waals surface area contributed by atoms with Crippen LogP contribution in [0.2, 0.25) is 5.02 Å². The maximum Gasteiger partial charge on any atom is 0.312 e. The molecular formula is C21H15ClN2O2. The lowest BCUT2D eigenvalue weighted by Gasteiger charge is -2.01.